The summed E-state index contributed by atoms with van der Waals surface area (Å²) in [5.74, 6) is 0.498. The number of imidazole rings is 1. The minimum absolute atomic E-state index is 0.0889. The molecule has 132 valence electrons. The van der Waals surface area contributed by atoms with Crippen LogP contribution in [-0.2, 0) is 17.8 Å². The molecule has 2 N–H and O–H groups in total. The van der Waals surface area contributed by atoms with Gasteiger partial charge in [-0.1, -0.05) is 24.3 Å². The molecule has 1 saturated carbocycles. The van der Waals surface area contributed by atoms with Gasteiger partial charge in [0.1, 0.15) is 0 Å². The SMILES string of the molecule is O=C(NCc1cccc(Cn2ccnc2)c1)N[C@@H]1C[C@H]2OCCC[C@@H]12. The van der Waals surface area contributed by atoms with Gasteiger partial charge < -0.3 is 19.9 Å². The fraction of sp³-hybridized carbons (Fsp3) is 0.474. The number of hydrogen-bond acceptors (Lipinski definition) is 3. The average Bonchev–Trinajstić information content (AvgIpc) is 3.11. The summed E-state index contributed by atoms with van der Waals surface area (Å²) in [5, 5.41) is 6.06. The number of amides is 2. The first-order chi connectivity index (χ1) is 12.3. The Morgan fingerprint density at radius 1 is 1.36 bits per heavy atom. The van der Waals surface area contributed by atoms with Gasteiger partial charge in [0.15, 0.2) is 0 Å². The van der Waals surface area contributed by atoms with Crippen LogP contribution in [0.15, 0.2) is 43.0 Å². The van der Waals surface area contributed by atoms with Gasteiger partial charge in [0.25, 0.3) is 0 Å². The lowest BCUT2D eigenvalue weighted by Gasteiger charge is -2.47. The van der Waals surface area contributed by atoms with E-state index in [1.807, 2.05) is 22.9 Å². The summed E-state index contributed by atoms with van der Waals surface area (Å²) in [7, 11) is 0. The first-order valence-electron chi connectivity index (χ1n) is 8.97. The molecule has 1 aromatic heterocycles. The Hall–Kier alpha value is -2.34. The van der Waals surface area contributed by atoms with Crippen molar-refractivity contribution in [2.24, 2.45) is 5.92 Å². The topological polar surface area (TPSA) is 68.2 Å². The fourth-order valence-electron chi connectivity index (χ4n) is 3.79. The number of carbonyl (C=O) groups is 1. The van der Waals surface area contributed by atoms with E-state index in [-0.39, 0.29) is 12.1 Å². The number of benzene rings is 1. The number of nitrogens with zero attached hydrogens (tertiary/aromatic N) is 2. The average molecular weight is 340 g/mol. The Morgan fingerprint density at radius 3 is 3.12 bits per heavy atom. The minimum atomic E-state index is -0.0889. The molecule has 4 rings (SSSR count). The highest BCUT2D eigenvalue weighted by Gasteiger charge is 2.43. The second-order valence-corrected chi connectivity index (χ2v) is 6.94. The highest BCUT2D eigenvalue weighted by atomic mass is 16.5. The Kier molecular flexibility index (Phi) is 4.70. The lowest BCUT2D eigenvalue weighted by Crippen LogP contribution is -2.59. The van der Waals surface area contributed by atoms with Crippen LogP contribution in [0.5, 0.6) is 0 Å². The smallest absolute Gasteiger partial charge is 0.315 e. The second kappa shape index (κ2) is 7.27. The molecule has 2 fully saturated rings. The predicted octanol–water partition coefficient (Wildman–Crippen LogP) is 2.30. The summed E-state index contributed by atoms with van der Waals surface area (Å²) in [6.07, 6.45) is 9.09. The van der Waals surface area contributed by atoms with Crippen molar-refractivity contribution in [1.29, 1.82) is 0 Å². The summed E-state index contributed by atoms with van der Waals surface area (Å²) in [6.45, 7) is 2.18. The summed E-state index contributed by atoms with van der Waals surface area (Å²) in [6, 6.07) is 8.44. The third kappa shape index (κ3) is 3.85. The summed E-state index contributed by atoms with van der Waals surface area (Å²) in [4.78, 5) is 16.2. The van der Waals surface area contributed by atoms with Gasteiger partial charge >= 0.3 is 6.03 Å². The van der Waals surface area contributed by atoms with Crippen molar-refractivity contribution in [3.63, 3.8) is 0 Å². The fourth-order valence-corrected chi connectivity index (χ4v) is 3.79. The molecule has 1 saturated heterocycles. The lowest BCUT2D eigenvalue weighted by atomic mass is 9.72. The zero-order chi connectivity index (χ0) is 17.1. The molecule has 6 heteroatoms. The van der Waals surface area contributed by atoms with Crippen LogP contribution >= 0.6 is 0 Å². The van der Waals surface area contributed by atoms with Gasteiger partial charge in [-0.25, -0.2) is 9.78 Å². The molecule has 3 atom stereocenters. The maximum absolute atomic E-state index is 12.2. The highest BCUT2D eigenvalue weighted by Crippen LogP contribution is 2.37. The number of hydrogen-bond donors (Lipinski definition) is 2. The Balaban J connectivity index is 1.26. The zero-order valence-electron chi connectivity index (χ0n) is 14.2. The number of fused-ring (bicyclic) bond motifs is 1. The lowest BCUT2D eigenvalue weighted by molar-refractivity contribution is -0.0999. The second-order valence-electron chi connectivity index (χ2n) is 6.94. The molecule has 0 radical (unpaired) electrons. The van der Waals surface area contributed by atoms with Crippen LogP contribution in [0, 0.1) is 5.92 Å². The number of urea groups is 1. The molecule has 2 amide bonds. The van der Waals surface area contributed by atoms with E-state index >= 15 is 0 Å². The molecule has 2 aromatic rings. The first kappa shape index (κ1) is 16.1. The van der Waals surface area contributed by atoms with Crippen molar-refractivity contribution in [2.45, 2.75) is 44.5 Å². The molecule has 1 aliphatic heterocycles. The van der Waals surface area contributed by atoms with Crippen LogP contribution in [0.1, 0.15) is 30.4 Å². The van der Waals surface area contributed by atoms with Crippen molar-refractivity contribution >= 4 is 6.03 Å². The van der Waals surface area contributed by atoms with Crippen molar-refractivity contribution < 1.29 is 9.53 Å². The van der Waals surface area contributed by atoms with Crippen LogP contribution in [0.3, 0.4) is 0 Å². The number of nitrogens with one attached hydrogen (secondary N) is 2. The minimum Gasteiger partial charge on any atom is -0.378 e. The van der Waals surface area contributed by atoms with Crippen LogP contribution in [0.2, 0.25) is 0 Å². The Morgan fingerprint density at radius 2 is 2.28 bits per heavy atom. The number of aromatic nitrogens is 2. The Bertz CT molecular complexity index is 716. The predicted molar refractivity (Wildman–Crippen MR) is 94.0 cm³/mol. The van der Waals surface area contributed by atoms with Crippen LogP contribution in [-0.4, -0.2) is 34.3 Å². The first-order valence-corrected chi connectivity index (χ1v) is 8.97. The number of rotatable bonds is 5. The third-order valence-corrected chi connectivity index (χ3v) is 5.18. The molecular formula is C19H24N4O2. The highest BCUT2D eigenvalue weighted by molar-refractivity contribution is 5.74. The monoisotopic (exact) mass is 340 g/mol. The van der Waals surface area contributed by atoms with Crippen LogP contribution in [0.25, 0.3) is 0 Å². The van der Waals surface area contributed by atoms with E-state index in [2.05, 4.69) is 27.8 Å². The van der Waals surface area contributed by atoms with E-state index < -0.39 is 0 Å². The van der Waals surface area contributed by atoms with Crippen LogP contribution in [0.4, 0.5) is 4.79 Å². The molecule has 1 aromatic carbocycles. The molecule has 25 heavy (non-hydrogen) atoms. The molecule has 1 aliphatic carbocycles. The van der Waals surface area contributed by atoms with E-state index in [1.165, 1.54) is 5.56 Å². The van der Waals surface area contributed by atoms with Gasteiger partial charge in [-0.3, -0.25) is 0 Å². The Labute approximate surface area is 147 Å². The van der Waals surface area contributed by atoms with E-state index in [4.69, 9.17) is 4.74 Å². The van der Waals surface area contributed by atoms with Crippen LogP contribution < -0.4 is 10.6 Å². The molecule has 0 unspecified atom stereocenters. The van der Waals surface area contributed by atoms with Crippen molar-refractivity contribution in [3.8, 4) is 0 Å². The summed E-state index contributed by atoms with van der Waals surface area (Å²) in [5.41, 5.74) is 2.29. The summed E-state index contributed by atoms with van der Waals surface area (Å²) < 4.78 is 7.72. The van der Waals surface area contributed by atoms with Crippen molar-refractivity contribution in [1.82, 2.24) is 20.2 Å². The largest absolute Gasteiger partial charge is 0.378 e. The zero-order valence-corrected chi connectivity index (χ0v) is 14.2. The van der Waals surface area contributed by atoms with Gasteiger partial charge in [0.05, 0.1) is 12.4 Å². The molecule has 2 heterocycles. The van der Waals surface area contributed by atoms with Crippen molar-refractivity contribution in [3.05, 3.63) is 54.1 Å². The number of carbonyl (C=O) groups excluding carboxylic acids is 1. The van der Waals surface area contributed by atoms with E-state index in [0.29, 0.717) is 18.6 Å². The normalized spacial score (nSPS) is 24.9. The standard InChI is InChI=1S/C19H24N4O2/c24-19(22-17-10-18-16(17)5-2-8-25-18)21-11-14-3-1-4-15(9-14)12-23-7-6-20-13-23/h1,3-4,6-7,9,13,16-18H,2,5,8,10-12H2,(H2,21,22,24)/t16-,17+,18+/m0/s1. The van der Waals surface area contributed by atoms with E-state index in [0.717, 1.165) is 38.0 Å². The maximum atomic E-state index is 12.2. The number of ether oxygens (including phenoxy) is 1. The molecular weight excluding hydrogens is 316 g/mol. The van der Waals surface area contributed by atoms with Crippen molar-refractivity contribution in [2.75, 3.05) is 6.61 Å². The molecule has 2 aliphatic rings. The van der Waals surface area contributed by atoms with Gasteiger partial charge in [0, 0.05) is 44.0 Å². The van der Waals surface area contributed by atoms with Gasteiger partial charge in [-0.05, 0) is 30.4 Å². The quantitative estimate of drug-likeness (QED) is 0.877. The van der Waals surface area contributed by atoms with Gasteiger partial charge in [-0.2, -0.15) is 0 Å². The molecule has 6 nitrogen and oxygen atoms in total. The van der Waals surface area contributed by atoms with Gasteiger partial charge in [0.2, 0.25) is 0 Å². The molecule has 0 spiro atoms. The third-order valence-electron chi connectivity index (χ3n) is 5.18. The molecule has 0 bridgehead atoms. The van der Waals surface area contributed by atoms with Gasteiger partial charge in [-0.15, -0.1) is 0 Å². The summed E-state index contributed by atoms with van der Waals surface area (Å²) >= 11 is 0. The van der Waals surface area contributed by atoms with E-state index in [9.17, 15) is 4.79 Å². The van der Waals surface area contributed by atoms with E-state index in [1.54, 1.807) is 12.5 Å². The maximum Gasteiger partial charge on any atom is 0.315 e.